The minimum atomic E-state index is -4.68. The Morgan fingerprint density at radius 2 is 1.93 bits per heavy atom. The first kappa shape index (κ1) is 10.8. The summed E-state index contributed by atoms with van der Waals surface area (Å²) in [5.41, 5.74) is -1.95. The fraction of sp³-hybridized carbons (Fsp3) is 0.143. The molecule has 0 atom stereocenters. The average molecular weight is 226 g/mol. The lowest BCUT2D eigenvalue weighted by Gasteiger charge is -2.07. The number of alkyl halides is 3. The van der Waals surface area contributed by atoms with Crippen LogP contribution in [-0.2, 0) is 6.18 Å². The highest BCUT2D eigenvalue weighted by molar-refractivity contribution is 6.33. The van der Waals surface area contributed by atoms with Gasteiger partial charge in [-0.15, -0.1) is 0 Å². The molecule has 0 bridgehead atoms. The normalized spacial score (nSPS) is 11.4. The molecular formula is C7H3ClF3NO2. The molecule has 0 N–H and O–H groups in total. The number of nitro groups is 1. The lowest BCUT2D eigenvalue weighted by molar-refractivity contribution is -0.385. The molecule has 0 aliphatic heterocycles. The van der Waals surface area contributed by atoms with E-state index in [1.807, 2.05) is 0 Å². The van der Waals surface area contributed by atoms with E-state index in [1.165, 1.54) is 0 Å². The monoisotopic (exact) mass is 225 g/mol. The van der Waals surface area contributed by atoms with Crippen molar-refractivity contribution < 1.29 is 18.1 Å². The number of benzene rings is 1. The van der Waals surface area contributed by atoms with E-state index in [9.17, 15) is 23.3 Å². The largest absolute Gasteiger partial charge is 0.418 e. The summed E-state index contributed by atoms with van der Waals surface area (Å²) >= 11 is 5.23. The SMILES string of the molecule is O=[N+]([O-])c1cccc(C(F)(F)F)c1Cl. The van der Waals surface area contributed by atoms with Crippen LogP contribution in [0.25, 0.3) is 0 Å². The van der Waals surface area contributed by atoms with Crippen molar-refractivity contribution in [2.75, 3.05) is 0 Å². The summed E-state index contributed by atoms with van der Waals surface area (Å²) in [5.74, 6) is 0. The molecule has 14 heavy (non-hydrogen) atoms. The summed E-state index contributed by atoms with van der Waals surface area (Å²) in [6.07, 6.45) is -4.68. The van der Waals surface area contributed by atoms with Crippen molar-refractivity contribution in [2.45, 2.75) is 6.18 Å². The lowest BCUT2D eigenvalue weighted by atomic mass is 10.2. The zero-order chi connectivity index (χ0) is 10.9. The highest BCUT2D eigenvalue weighted by Gasteiger charge is 2.35. The maximum atomic E-state index is 12.2. The van der Waals surface area contributed by atoms with E-state index in [-0.39, 0.29) is 0 Å². The number of hydrogen-bond donors (Lipinski definition) is 0. The maximum Gasteiger partial charge on any atom is 0.418 e. The van der Waals surface area contributed by atoms with Crippen LogP contribution in [0.15, 0.2) is 18.2 Å². The van der Waals surface area contributed by atoms with Crippen LogP contribution in [0, 0.1) is 10.1 Å². The van der Waals surface area contributed by atoms with E-state index < -0.39 is 27.4 Å². The summed E-state index contributed by atoms with van der Waals surface area (Å²) in [4.78, 5) is 9.29. The highest BCUT2D eigenvalue weighted by Crippen LogP contribution is 2.38. The molecule has 0 unspecified atom stereocenters. The molecule has 7 heteroatoms. The van der Waals surface area contributed by atoms with Crippen molar-refractivity contribution in [3.8, 4) is 0 Å². The number of halogens is 4. The van der Waals surface area contributed by atoms with Crippen LogP contribution < -0.4 is 0 Å². The van der Waals surface area contributed by atoms with Gasteiger partial charge in [0.1, 0.15) is 5.02 Å². The van der Waals surface area contributed by atoms with Crippen LogP contribution in [-0.4, -0.2) is 4.92 Å². The predicted molar refractivity (Wildman–Crippen MR) is 43.1 cm³/mol. The third-order valence-corrected chi connectivity index (χ3v) is 1.88. The summed E-state index contributed by atoms with van der Waals surface area (Å²) in [6, 6.07) is 2.54. The van der Waals surface area contributed by atoms with Crippen LogP contribution >= 0.6 is 11.6 Å². The quantitative estimate of drug-likeness (QED) is 0.544. The van der Waals surface area contributed by atoms with Crippen molar-refractivity contribution in [3.05, 3.63) is 38.9 Å². The van der Waals surface area contributed by atoms with Crippen LogP contribution in [0.3, 0.4) is 0 Å². The van der Waals surface area contributed by atoms with E-state index in [1.54, 1.807) is 0 Å². The molecule has 0 spiro atoms. The number of hydrogen-bond acceptors (Lipinski definition) is 2. The topological polar surface area (TPSA) is 43.1 Å². The van der Waals surface area contributed by atoms with E-state index in [0.717, 1.165) is 12.1 Å². The van der Waals surface area contributed by atoms with Gasteiger partial charge in [0.15, 0.2) is 0 Å². The van der Waals surface area contributed by atoms with Crippen LogP contribution in [0.2, 0.25) is 5.02 Å². The molecule has 0 amide bonds. The lowest BCUT2D eigenvalue weighted by Crippen LogP contribution is -2.06. The summed E-state index contributed by atoms with van der Waals surface area (Å²) in [5, 5.41) is 9.37. The predicted octanol–water partition coefficient (Wildman–Crippen LogP) is 3.27. The van der Waals surface area contributed by atoms with E-state index >= 15 is 0 Å². The van der Waals surface area contributed by atoms with Crippen LogP contribution in [0.4, 0.5) is 18.9 Å². The fourth-order valence-corrected chi connectivity index (χ4v) is 1.18. The summed E-state index contributed by atoms with van der Waals surface area (Å²) in [6.45, 7) is 0. The van der Waals surface area contributed by atoms with Crippen molar-refractivity contribution in [3.63, 3.8) is 0 Å². The van der Waals surface area contributed by atoms with Gasteiger partial charge in [-0.25, -0.2) is 0 Å². The third kappa shape index (κ3) is 1.95. The Labute approximate surface area is 81.2 Å². The Balaban J connectivity index is 3.35. The minimum absolute atomic E-state index is 0.690. The molecule has 0 radical (unpaired) electrons. The molecular weight excluding hydrogens is 223 g/mol. The van der Waals surface area contributed by atoms with Gasteiger partial charge >= 0.3 is 6.18 Å². The zero-order valence-electron chi connectivity index (χ0n) is 6.51. The van der Waals surface area contributed by atoms with Gasteiger partial charge < -0.3 is 0 Å². The Bertz CT molecular complexity index is 378. The number of nitrogens with zero attached hydrogens (tertiary/aromatic N) is 1. The maximum absolute atomic E-state index is 12.2. The van der Waals surface area contributed by atoms with Gasteiger partial charge in [0, 0.05) is 6.07 Å². The van der Waals surface area contributed by atoms with Gasteiger partial charge in [-0.1, -0.05) is 17.7 Å². The second-order valence-electron chi connectivity index (χ2n) is 2.39. The van der Waals surface area contributed by atoms with Crippen LogP contribution in [0.1, 0.15) is 5.56 Å². The summed E-state index contributed by atoms with van der Waals surface area (Å²) < 4.78 is 36.6. The Hall–Kier alpha value is -1.30. The van der Waals surface area contributed by atoms with E-state index in [0.29, 0.717) is 6.07 Å². The number of nitro benzene ring substituents is 1. The summed E-state index contributed by atoms with van der Waals surface area (Å²) in [7, 11) is 0. The van der Waals surface area contributed by atoms with Gasteiger partial charge in [-0.3, -0.25) is 10.1 Å². The molecule has 1 rings (SSSR count). The van der Waals surface area contributed by atoms with E-state index in [4.69, 9.17) is 11.6 Å². The molecule has 0 aliphatic carbocycles. The number of rotatable bonds is 1. The molecule has 0 fully saturated rings. The molecule has 76 valence electrons. The molecule has 0 aliphatic rings. The first-order valence-corrected chi connectivity index (χ1v) is 3.72. The fourth-order valence-electron chi connectivity index (χ4n) is 0.880. The zero-order valence-corrected chi connectivity index (χ0v) is 7.26. The first-order chi connectivity index (χ1) is 6.34. The Kier molecular flexibility index (Phi) is 2.66. The van der Waals surface area contributed by atoms with Gasteiger partial charge in [0.25, 0.3) is 5.69 Å². The van der Waals surface area contributed by atoms with E-state index in [2.05, 4.69) is 0 Å². The van der Waals surface area contributed by atoms with Gasteiger partial charge in [-0.05, 0) is 6.07 Å². The second-order valence-corrected chi connectivity index (χ2v) is 2.77. The smallest absolute Gasteiger partial charge is 0.258 e. The Morgan fingerprint density at radius 1 is 1.36 bits per heavy atom. The van der Waals surface area contributed by atoms with Crippen LogP contribution in [0.5, 0.6) is 0 Å². The van der Waals surface area contributed by atoms with Crippen molar-refractivity contribution in [1.29, 1.82) is 0 Å². The van der Waals surface area contributed by atoms with Crippen molar-refractivity contribution in [1.82, 2.24) is 0 Å². The first-order valence-electron chi connectivity index (χ1n) is 3.34. The molecule has 0 saturated heterocycles. The second kappa shape index (κ2) is 3.45. The third-order valence-electron chi connectivity index (χ3n) is 1.48. The molecule has 0 aromatic heterocycles. The van der Waals surface area contributed by atoms with Crippen molar-refractivity contribution in [2.24, 2.45) is 0 Å². The highest BCUT2D eigenvalue weighted by atomic mass is 35.5. The standard InChI is InChI=1S/C7H3ClF3NO2/c8-6-4(7(9,10)11)2-1-3-5(6)12(13)14/h1-3H. The Morgan fingerprint density at radius 3 is 2.36 bits per heavy atom. The molecule has 3 nitrogen and oxygen atoms in total. The van der Waals surface area contributed by atoms with Crippen molar-refractivity contribution >= 4 is 17.3 Å². The van der Waals surface area contributed by atoms with Gasteiger partial charge in [0.05, 0.1) is 10.5 Å². The van der Waals surface area contributed by atoms with Gasteiger partial charge in [-0.2, -0.15) is 13.2 Å². The molecule has 1 aromatic rings. The minimum Gasteiger partial charge on any atom is -0.258 e. The molecule has 1 aromatic carbocycles. The van der Waals surface area contributed by atoms with Gasteiger partial charge in [0.2, 0.25) is 0 Å². The average Bonchev–Trinajstić information content (AvgIpc) is 2.01. The molecule has 0 saturated carbocycles. The molecule has 0 heterocycles.